The molecular weight excluding hydrogens is 426 g/mol. The molecule has 9 heteroatoms. The van der Waals surface area contributed by atoms with Crippen molar-refractivity contribution >= 4 is 34.2 Å². The highest BCUT2D eigenvalue weighted by Gasteiger charge is 2.31. The van der Waals surface area contributed by atoms with Crippen LogP contribution in [-0.4, -0.2) is 48.2 Å². The summed E-state index contributed by atoms with van der Waals surface area (Å²) in [5.74, 6) is 0.935. The lowest BCUT2D eigenvalue weighted by Crippen LogP contribution is -2.34. The van der Waals surface area contributed by atoms with Crippen LogP contribution < -0.4 is 5.32 Å². The molecule has 1 N–H and O–H groups in total. The van der Waals surface area contributed by atoms with E-state index >= 15 is 0 Å². The molecule has 2 aromatic heterocycles. The van der Waals surface area contributed by atoms with Crippen molar-refractivity contribution in [1.29, 1.82) is 0 Å². The van der Waals surface area contributed by atoms with Gasteiger partial charge < -0.3 is 9.88 Å². The molecule has 5 rings (SSSR count). The molecule has 164 valence electrons. The fourth-order valence-corrected chi connectivity index (χ4v) is 4.68. The number of fused-ring (bicyclic) bond motifs is 1. The van der Waals surface area contributed by atoms with Crippen molar-refractivity contribution < 1.29 is 4.79 Å². The number of benzene rings is 2. The Hall–Kier alpha value is -3.23. The van der Waals surface area contributed by atoms with Gasteiger partial charge >= 0.3 is 0 Å². The maximum Gasteiger partial charge on any atom is 0.238 e. The fraction of sp³-hybridized carbons (Fsp3) is 0.304. The minimum absolute atomic E-state index is 0.0975. The van der Waals surface area contributed by atoms with E-state index in [1.807, 2.05) is 24.3 Å². The summed E-state index contributed by atoms with van der Waals surface area (Å²) in [5, 5.41) is 7.72. The molecule has 4 aromatic rings. The highest BCUT2D eigenvalue weighted by molar-refractivity contribution is 6.31. The number of halogens is 1. The summed E-state index contributed by atoms with van der Waals surface area (Å²) in [5.41, 5.74) is 3.45. The van der Waals surface area contributed by atoms with Gasteiger partial charge in [-0.2, -0.15) is 5.10 Å². The highest BCUT2D eigenvalue weighted by atomic mass is 35.5. The zero-order valence-electron chi connectivity index (χ0n) is 17.8. The summed E-state index contributed by atoms with van der Waals surface area (Å²) in [6.45, 7) is 4.11. The predicted octanol–water partition coefficient (Wildman–Crippen LogP) is 4.07. The van der Waals surface area contributed by atoms with Gasteiger partial charge in [0.15, 0.2) is 0 Å². The molecule has 3 heterocycles. The summed E-state index contributed by atoms with van der Waals surface area (Å²) in [4.78, 5) is 24.2. The molecule has 32 heavy (non-hydrogen) atoms. The first kappa shape index (κ1) is 20.7. The number of carbonyl (C=O) groups is 1. The molecule has 1 aliphatic rings. The lowest BCUT2D eigenvalue weighted by atomic mass is 10.2. The molecule has 1 unspecified atom stereocenters. The van der Waals surface area contributed by atoms with Crippen LogP contribution in [0.25, 0.3) is 16.7 Å². The van der Waals surface area contributed by atoms with Gasteiger partial charge in [-0.3, -0.25) is 9.69 Å². The van der Waals surface area contributed by atoms with Gasteiger partial charge in [-0.05, 0) is 56.6 Å². The Morgan fingerprint density at radius 2 is 2.12 bits per heavy atom. The summed E-state index contributed by atoms with van der Waals surface area (Å²) >= 11 is 6.19. The molecule has 2 aromatic carbocycles. The van der Waals surface area contributed by atoms with E-state index in [1.165, 1.54) is 6.33 Å². The largest absolute Gasteiger partial charge is 0.327 e. The molecule has 1 saturated heterocycles. The SMILES string of the molecule is CCn1c(C2CCCN2CC(=O)Nc2cc(Cl)ccc2-n2cncn2)nc2ccccc21. The predicted molar refractivity (Wildman–Crippen MR) is 124 cm³/mol. The Morgan fingerprint density at radius 1 is 1.25 bits per heavy atom. The van der Waals surface area contributed by atoms with E-state index in [2.05, 4.69) is 37.9 Å². The number of imidazole rings is 1. The molecule has 0 aliphatic carbocycles. The molecule has 1 atom stereocenters. The van der Waals surface area contributed by atoms with Gasteiger partial charge in [0.1, 0.15) is 18.5 Å². The minimum atomic E-state index is -0.0975. The lowest BCUT2D eigenvalue weighted by Gasteiger charge is -2.24. The quantitative estimate of drug-likeness (QED) is 0.480. The van der Waals surface area contributed by atoms with Gasteiger partial charge in [-0.1, -0.05) is 23.7 Å². The summed E-state index contributed by atoms with van der Waals surface area (Å²) in [7, 11) is 0. The number of rotatable bonds is 6. The number of aromatic nitrogens is 5. The van der Waals surface area contributed by atoms with Crippen molar-refractivity contribution in [2.45, 2.75) is 32.4 Å². The number of anilines is 1. The first-order chi connectivity index (χ1) is 15.6. The van der Waals surface area contributed by atoms with Gasteiger partial charge in [0.2, 0.25) is 5.91 Å². The molecule has 0 bridgehead atoms. The second-order valence-corrected chi connectivity index (χ2v) is 8.32. The molecule has 1 amide bonds. The third-order valence-corrected chi connectivity index (χ3v) is 6.14. The second kappa shape index (κ2) is 8.72. The zero-order chi connectivity index (χ0) is 22.1. The van der Waals surface area contributed by atoms with E-state index in [-0.39, 0.29) is 18.5 Å². The van der Waals surface area contributed by atoms with Crippen molar-refractivity contribution in [2.75, 3.05) is 18.4 Å². The molecule has 1 aliphatic heterocycles. The third-order valence-electron chi connectivity index (χ3n) is 5.91. The van der Waals surface area contributed by atoms with Crippen LogP contribution in [0.1, 0.15) is 31.6 Å². The van der Waals surface area contributed by atoms with Crippen LogP contribution in [0.4, 0.5) is 5.69 Å². The van der Waals surface area contributed by atoms with E-state index in [0.29, 0.717) is 16.4 Å². The lowest BCUT2D eigenvalue weighted by molar-refractivity contribution is -0.117. The maximum atomic E-state index is 13.0. The van der Waals surface area contributed by atoms with Crippen LogP contribution in [0, 0.1) is 0 Å². The molecule has 0 radical (unpaired) electrons. The van der Waals surface area contributed by atoms with Crippen LogP contribution in [0.2, 0.25) is 5.02 Å². The number of amides is 1. The van der Waals surface area contributed by atoms with Crippen LogP contribution in [0.3, 0.4) is 0 Å². The van der Waals surface area contributed by atoms with E-state index < -0.39 is 0 Å². The number of hydrogen-bond donors (Lipinski definition) is 1. The zero-order valence-corrected chi connectivity index (χ0v) is 18.5. The normalized spacial score (nSPS) is 16.6. The van der Waals surface area contributed by atoms with Gasteiger partial charge in [0.25, 0.3) is 0 Å². The standard InChI is InChI=1S/C23H24ClN7O/c1-2-30-19-7-4-3-6-17(19)28-23(30)21-8-5-11-29(21)13-22(32)27-18-12-16(24)9-10-20(18)31-15-25-14-26-31/h3-4,6-7,9-10,12,14-15,21H,2,5,8,11,13H2,1H3,(H,27,32). The molecular formula is C23H24ClN7O. The highest BCUT2D eigenvalue weighted by Crippen LogP contribution is 2.33. The van der Waals surface area contributed by atoms with Crippen LogP contribution in [0.15, 0.2) is 55.1 Å². The van der Waals surface area contributed by atoms with Crippen molar-refractivity contribution in [2.24, 2.45) is 0 Å². The average Bonchev–Trinajstić information content (AvgIpc) is 3.53. The number of hydrogen-bond acceptors (Lipinski definition) is 5. The number of likely N-dealkylation sites (tertiary alicyclic amines) is 1. The van der Waals surface area contributed by atoms with Gasteiger partial charge in [0.05, 0.1) is 35.0 Å². The monoisotopic (exact) mass is 449 g/mol. The summed E-state index contributed by atoms with van der Waals surface area (Å²) in [6.07, 6.45) is 5.06. The van der Waals surface area contributed by atoms with Crippen LogP contribution >= 0.6 is 11.6 Å². The number of carbonyl (C=O) groups excluding carboxylic acids is 1. The summed E-state index contributed by atoms with van der Waals surface area (Å²) in [6, 6.07) is 13.6. The van der Waals surface area contributed by atoms with Crippen molar-refractivity contribution in [3.8, 4) is 5.69 Å². The number of aryl methyl sites for hydroxylation is 1. The average molecular weight is 450 g/mol. The van der Waals surface area contributed by atoms with E-state index in [4.69, 9.17) is 16.6 Å². The third kappa shape index (κ3) is 3.87. The molecule has 1 fully saturated rings. The second-order valence-electron chi connectivity index (χ2n) is 7.88. The smallest absolute Gasteiger partial charge is 0.238 e. The molecule has 0 saturated carbocycles. The van der Waals surface area contributed by atoms with E-state index in [1.54, 1.807) is 23.1 Å². The first-order valence-electron chi connectivity index (χ1n) is 10.8. The Bertz CT molecular complexity index is 1250. The number of nitrogens with one attached hydrogen (secondary N) is 1. The summed E-state index contributed by atoms with van der Waals surface area (Å²) < 4.78 is 3.87. The number of para-hydroxylation sites is 2. The van der Waals surface area contributed by atoms with E-state index in [0.717, 1.165) is 42.8 Å². The van der Waals surface area contributed by atoms with Crippen molar-refractivity contribution in [3.05, 3.63) is 66.0 Å². The topological polar surface area (TPSA) is 80.9 Å². The van der Waals surface area contributed by atoms with Gasteiger partial charge in [-0.25, -0.2) is 14.6 Å². The van der Waals surface area contributed by atoms with Crippen LogP contribution in [-0.2, 0) is 11.3 Å². The number of nitrogens with zero attached hydrogens (tertiary/aromatic N) is 6. The van der Waals surface area contributed by atoms with Crippen LogP contribution in [0.5, 0.6) is 0 Å². The Balaban J connectivity index is 1.37. The van der Waals surface area contributed by atoms with Crippen molar-refractivity contribution in [1.82, 2.24) is 29.2 Å². The minimum Gasteiger partial charge on any atom is -0.327 e. The Morgan fingerprint density at radius 3 is 2.94 bits per heavy atom. The molecule has 8 nitrogen and oxygen atoms in total. The van der Waals surface area contributed by atoms with Crippen molar-refractivity contribution in [3.63, 3.8) is 0 Å². The first-order valence-corrected chi connectivity index (χ1v) is 11.2. The Kier molecular flexibility index (Phi) is 5.63. The van der Waals surface area contributed by atoms with E-state index in [9.17, 15) is 4.79 Å². The maximum absolute atomic E-state index is 13.0. The van der Waals surface area contributed by atoms with Gasteiger partial charge in [-0.15, -0.1) is 0 Å². The fourth-order valence-electron chi connectivity index (χ4n) is 4.50. The van der Waals surface area contributed by atoms with Gasteiger partial charge in [0, 0.05) is 11.6 Å². The molecule has 0 spiro atoms. The Labute approximate surface area is 190 Å².